The second-order valence-electron chi connectivity index (χ2n) is 7.70. The van der Waals surface area contributed by atoms with E-state index in [1.807, 2.05) is 18.5 Å². The summed E-state index contributed by atoms with van der Waals surface area (Å²) in [5, 5.41) is 3.68. The maximum atomic E-state index is 4.55. The zero-order valence-corrected chi connectivity index (χ0v) is 16.5. The number of benzene rings is 2. The van der Waals surface area contributed by atoms with Gasteiger partial charge in [0.05, 0.1) is 0 Å². The molecule has 1 fully saturated rings. The predicted molar refractivity (Wildman–Crippen MR) is 114 cm³/mol. The molecule has 2 heterocycles. The first-order chi connectivity index (χ1) is 13.8. The molecule has 0 unspecified atom stereocenters. The third-order valence-electron chi connectivity index (χ3n) is 5.41. The standard InChI is InChI=1S/C24H28N4/c1-19-6-5-9-22(14-19)24-26-16-21(17-27-24)15-25-23-10-12-28(13-11-23)18-20-7-3-2-4-8-20/h2-9,14,16-17,23,25H,10-13,15,18H2,1H3. The van der Waals surface area contributed by atoms with E-state index in [9.17, 15) is 0 Å². The van der Waals surface area contributed by atoms with Crippen LogP contribution < -0.4 is 5.32 Å². The second-order valence-corrected chi connectivity index (χ2v) is 7.70. The zero-order valence-electron chi connectivity index (χ0n) is 16.5. The van der Waals surface area contributed by atoms with E-state index < -0.39 is 0 Å². The van der Waals surface area contributed by atoms with Gasteiger partial charge in [-0.25, -0.2) is 9.97 Å². The molecule has 0 atom stereocenters. The summed E-state index contributed by atoms with van der Waals surface area (Å²) in [5.74, 6) is 0.793. The average molecular weight is 373 g/mol. The lowest BCUT2D eigenvalue weighted by molar-refractivity contribution is 0.190. The van der Waals surface area contributed by atoms with Crippen molar-refractivity contribution in [3.05, 3.63) is 83.7 Å². The van der Waals surface area contributed by atoms with E-state index in [0.717, 1.165) is 43.1 Å². The summed E-state index contributed by atoms with van der Waals surface area (Å²) in [7, 11) is 0. The van der Waals surface area contributed by atoms with Crippen LogP contribution in [0.5, 0.6) is 0 Å². The van der Waals surface area contributed by atoms with Gasteiger partial charge in [0.2, 0.25) is 0 Å². The number of aryl methyl sites for hydroxylation is 1. The minimum atomic E-state index is 0.573. The molecule has 4 heteroatoms. The van der Waals surface area contributed by atoms with Gasteiger partial charge in [-0.2, -0.15) is 0 Å². The SMILES string of the molecule is Cc1cccc(-c2ncc(CNC3CCN(Cc4ccccc4)CC3)cn2)c1. The molecule has 2 aromatic carbocycles. The van der Waals surface area contributed by atoms with Crippen LogP contribution in [0.4, 0.5) is 0 Å². The van der Waals surface area contributed by atoms with Crippen molar-refractivity contribution in [2.45, 2.75) is 38.9 Å². The number of hydrogen-bond acceptors (Lipinski definition) is 4. The van der Waals surface area contributed by atoms with Crippen LogP contribution in [0.25, 0.3) is 11.4 Å². The van der Waals surface area contributed by atoms with E-state index in [-0.39, 0.29) is 0 Å². The average Bonchev–Trinajstić information content (AvgIpc) is 2.74. The van der Waals surface area contributed by atoms with E-state index in [1.165, 1.54) is 24.0 Å². The first-order valence-electron chi connectivity index (χ1n) is 10.1. The minimum absolute atomic E-state index is 0.573. The van der Waals surface area contributed by atoms with Crippen LogP contribution in [0.3, 0.4) is 0 Å². The van der Waals surface area contributed by atoms with Crippen molar-refractivity contribution in [3.63, 3.8) is 0 Å². The van der Waals surface area contributed by atoms with Crippen molar-refractivity contribution in [2.75, 3.05) is 13.1 Å². The Morgan fingerprint density at radius 2 is 1.68 bits per heavy atom. The number of rotatable bonds is 6. The van der Waals surface area contributed by atoms with Crippen molar-refractivity contribution >= 4 is 0 Å². The van der Waals surface area contributed by atoms with E-state index in [2.05, 4.69) is 75.6 Å². The molecule has 1 aromatic heterocycles. The molecule has 3 aromatic rings. The number of nitrogens with one attached hydrogen (secondary N) is 1. The molecule has 144 valence electrons. The topological polar surface area (TPSA) is 41.1 Å². The molecule has 0 aliphatic carbocycles. The number of likely N-dealkylation sites (tertiary alicyclic amines) is 1. The molecule has 0 radical (unpaired) electrons. The van der Waals surface area contributed by atoms with Gasteiger partial charge in [-0.3, -0.25) is 4.90 Å². The van der Waals surface area contributed by atoms with Gasteiger partial charge in [0.15, 0.2) is 5.82 Å². The van der Waals surface area contributed by atoms with Gasteiger partial charge in [-0.1, -0.05) is 54.1 Å². The first kappa shape index (κ1) is 18.8. The molecule has 0 saturated carbocycles. The highest BCUT2D eigenvalue weighted by molar-refractivity contribution is 5.55. The highest BCUT2D eigenvalue weighted by Gasteiger charge is 2.18. The first-order valence-corrected chi connectivity index (χ1v) is 10.1. The third kappa shape index (κ3) is 5.03. The normalized spacial score (nSPS) is 15.6. The van der Waals surface area contributed by atoms with Crippen molar-refractivity contribution < 1.29 is 0 Å². The molecule has 28 heavy (non-hydrogen) atoms. The lowest BCUT2D eigenvalue weighted by Gasteiger charge is -2.32. The third-order valence-corrected chi connectivity index (χ3v) is 5.41. The molecule has 0 amide bonds. The fourth-order valence-electron chi connectivity index (χ4n) is 3.78. The zero-order chi connectivity index (χ0) is 19.2. The quantitative estimate of drug-likeness (QED) is 0.704. The summed E-state index contributed by atoms with van der Waals surface area (Å²) in [6.07, 6.45) is 6.27. The Bertz CT molecular complexity index is 869. The highest BCUT2D eigenvalue weighted by atomic mass is 15.1. The molecule has 1 aliphatic heterocycles. The fraction of sp³-hybridized carbons (Fsp3) is 0.333. The Kier molecular flexibility index (Phi) is 6.10. The Labute approximate surface area is 167 Å². The van der Waals surface area contributed by atoms with E-state index >= 15 is 0 Å². The van der Waals surface area contributed by atoms with Crippen LogP contribution in [-0.2, 0) is 13.1 Å². The van der Waals surface area contributed by atoms with Gasteiger partial charge < -0.3 is 5.32 Å². The summed E-state index contributed by atoms with van der Waals surface area (Å²) in [6, 6.07) is 19.6. The Morgan fingerprint density at radius 3 is 2.39 bits per heavy atom. The van der Waals surface area contributed by atoms with Crippen molar-refractivity contribution in [2.24, 2.45) is 0 Å². The van der Waals surface area contributed by atoms with Gasteiger partial charge in [0.1, 0.15) is 0 Å². The largest absolute Gasteiger partial charge is 0.310 e. The lowest BCUT2D eigenvalue weighted by Crippen LogP contribution is -2.41. The summed E-state index contributed by atoms with van der Waals surface area (Å²) in [5.41, 5.74) is 4.85. The number of piperidine rings is 1. The number of aromatic nitrogens is 2. The van der Waals surface area contributed by atoms with Crippen LogP contribution in [-0.4, -0.2) is 34.0 Å². The van der Waals surface area contributed by atoms with Crippen LogP contribution in [0.15, 0.2) is 67.0 Å². The van der Waals surface area contributed by atoms with E-state index in [0.29, 0.717) is 6.04 Å². The summed E-state index contributed by atoms with van der Waals surface area (Å²) < 4.78 is 0. The molecule has 0 spiro atoms. The smallest absolute Gasteiger partial charge is 0.159 e. The molecular weight excluding hydrogens is 344 g/mol. The van der Waals surface area contributed by atoms with Crippen molar-refractivity contribution in [1.29, 1.82) is 0 Å². The fourth-order valence-corrected chi connectivity index (χ4v) is 3.78. The molecule has 1 saturated heterocycles. The van der Waals surface area contributed by atoms with Crippen LogP contribution in [0.2, 0.25) is 0 Å². The van der Waals surface area contributed by atoms with E-state index in [1.54, 1.807) is 0 Å². The molecular formula is C24H28N4. The lowest BCUT2D eigenvalue weighted by atomic mass is 10.0. The summed E-state index contributed by atoms with van der Waals surface area (Å²) >= 11 is 0. The van der Waals surface area contributed by atoms with Crippen LogP contribution in [0.1, 0.15) is 29.5 Å². The van der Waals surface area contributed by atoms with Crippen LogP contribution >= 0.6 is 0 Å². The Hall–Kier alpha value is -2.56. The van der Waals surface area contributed by atoms with E-state index in [4.69, 9.17) is 0 Å². The molecule has 4 rings (SSSR count). The highest BCUT2D eigenvalue weighted by Crippen LogP contribution is 2.17. The van der Waals surface area contributed by atoms with Crippen LogP contribution in [0, 0.1) is 6.92 Å². The van der Waals surface area contributed by atoms with Gasteiger partial charge in [0.25, 0.3) is 0 Å². The van der Waals surface area contributed by atoms with Gasteiger partial charge in [-0.05, 0) is 44.5 Å². The summed E-state index contributed by atoms with van der Waals surface area (Å²) in [4.78, 5) is 11.7. The summed E-state index contributed by atoms with van der Waals surface area (Å²) in [6.45, 7) is 6.27. The van der Waals surface area contributed by atoms with Gasteiger partial charge >= 0.3 is 0 Å². The Balaban J connectivity index is 1.24. The molecule has 1 N–H and O–H groups in total. The molecule has 4 nitrogen and oxygen atoms in total. The van der Waals surface area contributed by atoms with Gasteiger partial charge in [-0.15, -0.1) is 0 Å². The predicted octanol–water partition coefficient (Wildman–Crippen LogP) is 4.21. The Morgan fingerprint density at radius 1 is 0.929 bits per heavy atom. The second kappa shape index (κ2) is 9.09. The number of nitrogens with zero attached hydrogens (tertiary/aromatic N) is 3. The monoisotopic (exact) mass is 372 g/mol. The van der Waals surface area contributed by atoms with Crippen molar-refractivity contribution in [3.8, 4) is 11.4 Å². The maximum Gasteiger partial charge on any atom is 0.159 e. The number of hydrogen-bond donors (Lipinski definition) is 1. The molecule has 1 aliphatic rings. The minimum Gasteiger partial charge on any atom is -0.310 e. The van der Waals surface area contributed by atoms with Crippen molar-refractivity contribution in [1.82, 2.24) is 20.2 Å². The molecule has 0 bridgehead atoms. The maximum absolute atomic E-state index is 4.55. The van der Waals surface area contributed by atoms with Gasteiger partial charge in [0, 0.05) is 42.7 Å².